The largest absolute Gasteiger partial charge is 0.456 e. The van der Waals surface area contributed by atoms with E-state index in [-0.39, 0.29) is 0 Å². The van der Waals surface area contributed by atoms with Gasteiger partial charge in [-0.2, -0.15) is 0 Å². The smallest absolute Gasteiger partial charge is 0.164 e. The fourth-order valence-electron chi connectivity index (χ4n) is 8.27. The fraction of sp³-hybridized carbons (Fsp3) is 0. The van der Waals surface area contributed by atoms with Gasteiger partial charge in [-0.25, -0.2) is 15.0 Å². The van der Waals surface area contributed by atoms with Crippen molar-refractivity contribution in [3.05, 3.63) is 224 Å². The second kappa shape index (κ2) is 15.5. The third kappa shape index (κ3) is 7.07. The van der Waals surface area contributed by atoms with Crippen LogP contribution in [0.25, 0.3) is 112 Å². The molecule has 4 heteroatoms. The molecule has 11 aromatic rings. The van der Waals surface area contributed by atoms with Crippen molar-refractivity contribution in [1.82, 2.24) is 15.0 Å². The second-order valence-electron chi connectivity index (χ2n) is 15.2. The number of rotatable bonds is 8. The van der Waals surface area contributed by atoms with E-state index in [2.05, 4.69) is 176 Å². The Morgan fingerprint density at radius 1 is 0.246 bits per heavy atom. The van der Waals surface area contributed by atoms with Crippen LogP contribution in [0.3, 0.4) is 0 Å². The van der Waals surface area contributed by atoms with Gasteiger partial charge in [-0.1, -0.05) is 176 Å². The van der Waals surface area contributed by atoms with Crippen LogP contribution in [0.1, 0.15) is 0 Å². The Kier molecular flexibility index (Phi) is 9.14. The van der Waals surface area contributed by atoms with E-state index in [1.54, 1.807) is 0 Å². The molecule has 9 aromatic carbocycles. The minimum atomic E-state index is 0.583. The van der Waals surface area contributed by atoms with E-state index in [9.17, 15) is 0 Å². The van der Waals surface area contributed by atoms with Gasteiger partial charge in [-0.05, 0) is 104 Å². The predicted octanol–water partition coefficient (Wildman–Crippen LogP) is 15.1. The maximum atomic E-state index is 6.57. The number of aromatic nitrogens is 3. The van der Waals surface area contributed by atoms with Crippen molar-refractivity contribution in [3.63, 3.8) is 0 Å². The van der Waals surface area contributed by atoms with Gasteiger partial charge in [0.25, 0.3) is 0 Å². The third-order valence-electron chi connectivity index (χ3n) is 11.3. The summed E-state index contributed by atoms with van der Waals surface area (Å²) >= 11 is 0. The highest BCUT2D eigenvalue weighted by Gasteiger charge is 2.19. The summed E-state index contributed by atoms with van der Waals surface area (Å²) < 4.78 is 6.57. The highest BCUT2D eigenvalue weighted by atomic mass is 16.3. The molecule has 11 rings (SSSR count). The highest BCUT2D eigenvalue weighted by Crippen LogP contribution is 2.40. The molecule has 61 heavy (non-hydrogen) atoms. The molecule has 4 nitrogen and oxygen atoms in total. The van der Waals surface area contributed by atoms with Crippen molar-refractivity contribution in [2.24, 2.45) is 0 Å². The lowest BCUT2D eigenvalue weighted by atomic mass is 9.91. The Hall–Kier alpha value is -8.21. The molecule has 2 heterocycles. The quantitative estimate of drug-likeness (QED) is 0.154. The van der Waals surface area contributed by atoms with Crippen LogP contribution in [0.2, 0.25) is 0 Å². The van der Waals surface area contributed by atoms with E-state index < -0.39 is 0 Å². The van der Waals surface area contributed by atoms with Crippen molar-refractivity contribution in [2.45, 2.75) is 0 Å². The number of benzene rings is 9. The van der Waals surface area contributed by atoms with Gasteiger partial charge in [-0.15, -0.1) is 0 Å². The van der Waals surface area contributed by atoms with Crippen molar-refractivity contribution in [2.75, 3.05) is 0 Å². The standard InChI is InChI=1S/C57H37N3O/c1-5-16-38(17-6-1)42-24-13-26-44(32-42)48-34-47(40-20-9-3-10-21-40)35-49(36-48)45-30-31-52-51(37-45)54-50(28-15-29-53(54)61-52)57-59-55(41-22-11-4-12-23-41)58-56(60-57)46-27-14-25-43(33-46)39-18-7-2-8-19-39/h1-37H. The predicted molar refractivity (Wildman–Crippen MR) is 251 cm³/mol. The lowest BCUT2D eigenvalue weighted by Gasteiger charge is -2.13. The van der Waals surface area contributed by atoms with Gasteiger partial charge in [-0.3, -0.25) is 0 Å². The van der Waals surface area contributed by atoms with Crippen LogP contribution in [0.15, 0.2) is 229 Å². The first kappa shape index (κ1) is 35.9. The van der Waals surface area contributed by atoms with E-state index in [4.69, 9.17) is 19.4 Å². The summed E-state index contributed by atoms with van der Waals surface area (Å²) in [7, 11) is 0. The van der Waals surface area contributed by atoms with Crippen LogP contribution in [-0.4, -0.2) is 15.0 Å². The topological polar surface area (TPSA) is 51.8 Å². The zero-order valence-corrected chi connectivity index (χ0v) is 33.1. The van der Waals surface area contributed by atoms with Crippen LogP contribution in [0.4, 0.5) is 0 Å². The van der Waals surface area contributed by atoms with E-state index in [1.165, 1.54) is 11.1 Å². The summed E-state index contributed by atoms with van der Waals surface area (Å²) in [4.78, 5) is 15.4. The van der Waals surface area contributed by atoms with E-state index in [1.807, 2.05) is 48.5 Å². The monoisotopic (exact) mass is 779 g/mol. The number of furan rings is 1. The molecule has 0 aliphatic heterocycles. The van der Waals surface area contributed by atoms with Crippen molar-refractivity contribution in [3.8, 4) is 89.8 Å². The SMILES string of the molecule is c1ccc(-c2cccc(-c3cc(-c4ccccc4)cc(-c4ccc5oc6cccc(-c7nc(-c8ccccc8)nc(-c8cccc(-c9ccccc9)c8)n7)c6c5c4)c3)c2)cc1. The van der Waals surface area contributed by atoms with Crippen molar-refractivity contribution >= 4 is 21.9 Å². The van der Waals surface area contributed by atoms with E-state index in [0.29, 0.717) is 17.5 Å². The van der Waals surface area contributed by atoms with Gasteiger partial charge in [0, 0.05) is 27.5 Å². The lowest BCUT2D eigenvalue weighted by Crippen LogP contribution is -2.00. The normalized spacial score (nSPS) is 11.3. The Bertz CT molecular complexity index is 3340. The molecule has 0 saturated heterocycles. The van der Waals surface area contributed by atoms with Crippen LogP contribution in [-0.2, 0) is 0 Å². The molecule has 0 radical (unpaired) electrons. The first-order valence-electron chi connectivity index (χ1n) is 20.5. The Morgan fingerprint density at radius 2 is 0.639 bits per heavy atom. The third-order valence-corrected chi connectivity index (χ3v) is 11.3. The first-order valence-corrected chi connectivity index (χ1v) is 20.5. The first-order chi connectivity index (χ1) is 30.2. The minimum Gasteiger partial charge on any atom is -0.456 e. The molecular weight excluding hydrogens is 743 g/mol. The summed E-state index contributed by atoms with van der Waals surface area (Å²) in [5, 5.41) is 1.96. The van der Waals surface area contributed by atoms with Crippen LogP contribution < -0.4 is 0 Å². The van der Waals surface area contributed by atoms with Crippen molar-refractivity contribution < 1.29 is 4.42 Å². The van der Waals surface area contributed by atoms with E-state index in [0.717, 1.165) is 83.1 Å². The Labute approximate surface area is 354 Å². The molecule has 0 unspecified atom stereocenters. The fourth-order valence-corrected chi connectivity index (χ4v) is 8.27. The molecule has 0 fully saturated rings. The molecule has 2 aromatic heterocycles. The maximum absolute atomic E-state index is 6.57. The summed E-state index contributed by atoms with van der Waals surface area (Å²) in [6.07, 6.45) is 0. The maximum Gasteiger partial charge on any atom is 0.164 e. The Morgan fingerprint density at radius 3 is 1.23 bits per heavy atom. The Balaban J connectivity index is 1.07. The molecule has 0 saturated carbocycles. The molecule has 0 bridgehead atoms. The van der Waals surface area contributed by atoms with Gasteiger partial charge in [0.05, 0.1) is 0 Å². The van der Waals surface area contributed by atoms with Gasteiger partial charge in [0.1, 0.15) is 11.2 Å². The second-order valence-corrected chi connectivity index (χ2v) is 15.2. The average Bonchev–Trinajstić information content (AvgIpc) is 3.73. The van der Waals surface area contributed by atoms with Gasteiger partial charge < -0.3 is 4.42 Å². The summed E-state index contributed by atoms with van der Waals surface area (Å²) in [6.45, 7) is 0. The molecule has 0 aliphatic carbocycles. The molecule has 0 atom stereocenters. The number of hydrogen-bond acceptors (Lipinski definition) is 4. The summed E-state index contributed by atoms with van der Waals surface area (Å²) in [5.74, 6) is 1.80. The van der Waals surface area contributed by atoms with Crippen LogP contribution in [0.5, 0.6) is 0 Å². The van der Waals surface area contributed by atoms with Gasteiger partial charge >= 0.3 is 0 Å². The summed E-state index contributed by atoms with van der Waals surface area (Å²) in [6, 6.07) is 78.4. The van der Waals surface area contributed by atoms with Crippen LogP contribution >= 0.6 is 0 Å². The molecule has 0 aliphatic rings. The number of nitrogens with zero attached hydrogens (tertiary/aromatic N) is 3. The van der Waals surface area contributed by atoms with Crippen molar-refractivity contribution in [1.29, 1.82) is 0 Å². The van der Waals surface area contributed by atoms with E-state index >= 15 is 0 Å². The number of hydrogen-bond donors (Lipinski definition) is 0. The highest BCUT2D eigenvalue weighted by molar-refractivity contribution is 6.13. The number of fused-ring (bicyclic) bond motifs is 3. The van der Waals surface area contributed by atoms with Gasteiger partial charge in [0.15, 0.2) is 17.5 Å². The molecule has 0 amide bonds. The average molecular weight is 780 g/mol. The zero-order chi connectivity index (χ0) is 40.5. The molecule has 0 spiro atoms. The summed E-state index contributed by atoms with van der Waals surface area (Å²) in [5.41, 5.74) is 15.7. The lowest BCUT2D eigenvalue weighted by molar-refractivity contribution is 0.669. The van der Waals surface area contributed by atoms with Crippen LogP contribution in [0, 0.1) is 0 Å². The molecular formula is C57H37N3O. The van der Waals surface area contributed by atoms with Gasteiger partial charge in [0.2, 0.25) is 0 Å². The zero-order valence-electron chi connectivity index (χ0n) is 33.1. The molecule has 286 valence electrons. The molecule has 0 N–H and O–H groups in total. The minimum absolute atomic E-state index is 0.583.